The van der Waals surface area contributed by atoms with Crippen molar-refractivity contribution in [2.75, 3.05) is 20.3 Å². The van der Waals surface area contributed by atoms with Crippen LogP contribution in [0.5, 0.6) is 5.75 Å². The number of nitrogens with zero attached hydrogens (tertiary/aromatic N) is 2. The highest BCUT2D eigenvalue weighted by Crippen LogP contribution is 2.45. The third kappa shape index (κ3) is 4.87. The molecule has 6 nitrogen and oxygen atoms in total. The lowest BCUT2D eigenvalue weighted by molar-refractivity contribution is -0.138. The van der Waals surface area contributed by atoms with Crippen molar-refractivity contribution in [3.63, 3.8) is 0 Å². The molecule has 6 rings (SSSR count). The first kappa shape index (κ1) is 25.8. The van der Waals surface area contributed by atoms with Gasteiger partial charge < -0.3 is 19.5 Å². The number of likely N-dealkylation sites (N-methyl/N-ethyl adjacent to an activating group) is 1. The molecule has 0 aromatic heterocycles. The molecule has 4 aromatic carbocycles. The van der Waals surface area contributed by atoms with Crippen LogP contribution in [-0.4, -0.2) is 47.6 Å². The van der Waals surface area contributed by atoms with Crippen LogP contribution in [0.4, 0.5) is 0 Å². The molecule has 0 unspecified atom stereocenters. The van der Waals surface area contributed by atoms with E-state index in [1.165, 1.54) is 0 Å². The Balaban J connectivity index is 1.40. The molecule has 0 aliphatic carbocycles. The average Bonchev–Trinajstić information content (AvgIpc) is 3.34. The van der Waals surface area contributed by atoms with Crippen LogP contribution in [0.25, 0.3) is 11.1 Å². The highest BCUT2D eigenvalue weighted by Gasteiger charge is 2.55. The summed E-state index contributed by atoms with van der Waals surface area (Å²) in [5, 5.41) is 9.02. The summed E-state index contributed by atoms with van der Waals surface area (Å²) in [7, 11) is 1.84. The summed E-state index contributed by atoms with van der Waals surface area (Å²) in [6, 6.07) is 34.2. The van der Waals surface area contributed by atoms with E-state index in [-0.39, 0.29) is 12.5 Å². The molecule has 6 heteroatoms. The van der Waals surface area contributed by atoms with E-state index in [4.69, 9.17) is 19.6 Å². The second kappa shape index (κ2) is 11.0. The fraction of sp³-hybridized carbons (Fsp3) is 0.235. The van der Waals surface area contributed by atoms with Gasteiger partial charge in [0.25, 0.3) is 5.91 Å². The van der Waals surface area contributed by atoms with E-state index in [9.17, 15) is 4.79 Å². The first-order chi connectivity index (χ1) is 19.6. The van der Waals surface area contributed by atoms with Crippen LogP contribution in [0.3, 0.4) is 0 Å². The van der Waals surface area contributed by atoms with Crippen LogP contribution in [-0.2, 0) is 22.5 Å². The lowest BCUT2D eigenvalue weighted by Crippen LogP contribution is -2.48. The Morgan fingerprint density at radius 2 is 1.52 bits per heavy atom. The van der Waals surface area contributed by atoms with E-state index in [1.807, 2.05) is 61.6 Å². The fourth-order valence-corrected chi connectivity index (χ4v) is 5.58. The van der Waals surface area contributed by atoms with Gasteiger partial charge in [-0.3, -0.25) is 4.79 Å². The molecule has 0 radical (unpaired) electrons. The Morgan fingerprint density at radius 3 is 2.25 bits per heavy atom. The van der Waals surface area contributed by atoms with E-state index in [1.54, 1.807) is 4.90 Å². The van der Waals surface area contributed by atoms with E-state index in [0.717, 1.165) is 33.4 Å². The molecule has 2 aliphatic rings. The maximum absolute atomic E-state index is 14.2. The van der Waals surface area contributed by atoms with Crippen molar-refractivity contribution in [1.29, 1.82) is 0 Å². The number of carbonyl (C=O) groups excluding carboxylic acids is 1. The lowest BCUT2D eigenvalue weighted by Gasteiger charge is -2.31. The van der Waals surface area contributed by atoms with Gasteiger partial charge in [0.2, 0.25) is 5.90 Å². The minimum Gasteiger partial charge on any atom is -0.494 e. The monoisotopic (exact) mass is 532 g/mol. The van der Waals surface area contributed by atoms with Crippen LogP contribution in [0, 0.1) is 0 Å². The number of hydrogen-bond donors (Lipinski definition) is 1. The number of benzene rings is 4. The second-order valence-corrected chi connectivity index (χ2v) is 10.4. The van der Waals surface area contributed by atoms with Crippen molar-refractivity contribution in [2.45, 2.75) is 31.0 Å². The molecule has 0 bridgehead atoms. The number of aliphatic imine (C=N–C) groups is 1. The van der Waals surface area contributed by atoms with Gasteiger partial charge in [0.1, 0.15) is 5.75 Å². The zero-order valence-electron chi connectivity index (χ0n) is 22.5. The minimum atomic E-state index is -1.14. The average molecular weight is 533 g/mol. The summed E-state index contributed by atoms with van der Waals surface area (Å²) < 4.78 is 12.3. The Hall–Kier alpha value is -4.42. The third-order valence-electron chi connectivity index (χ3n) is 7.66. The van der Waals surface area contributed by atoms with Crippen molar-refractivity contribution in [3.05, 3.63) is 125 Å². The first-order valence-electron chi connectivity index (χ1n) is 13.7. The molecule has 202 valence electrons. The fourth-order valence-electron chi connectivity index (χ4n) is 5.58. The molecular weight excluding hydrogens is 500 g/mol. The molecule has 0 saturated heterocycles. The standard InChI is InChI=1S/C34H32N2O4/c1-36-23-29-11-6-5-10-28(29)22-34(33(36)38)31(26-14-12-25(13-15-26)24-8-3-2-4-9-24)40-32(35-34)27-16-18-30(19-17-27)39-21-7-20-37/h2-6,8-19,31,37H,7,20-23H2,1H3/t31-,34-/m0/s1. The largest absolute Gasteiger partial charge is 0.494 e. The maximum Gasteiger partial charge on any atom is 0.255 e. The normalized spacial score (nSPS) is 20.1. The molecule has 2 aliphatic heterocycles. The number of fused-ring (bicyclic) bond motifs is 1. The molecule has 2 heterocycles. The van der Waals surface area contributed by atoms with Crippen molar-refractivity contribution < 1.29 is 19.4 Å². The van der Waals surface area contributed by atoms with Crippen LogP contribution in [0.15, 0.2) is 108 Å². The maximum atomic E-state index is 14.2. The van der Waals surface area contributed by atoms with E-state index >= 15 is 0 Å². The molecule has 1 amide bonds. The summed E-state index contributed by atoms with van der Waals surface area (Å²) in [5.74, 6) is 1.10. The number of ether oxygens (including phenoxy) is 2. The van der Waals surface area contributed by atoms with Crippen LogP contribution >= 0.6 is 0 Å². The number of aliphatic hydroxyl groups is 1. The van der Waals surface area contributed by atoms with Gasteiger partial charge in [0.05, 0.1) is 6.61 Å². The van der Waals surface area contributed by atoms with Gasteiger partial charge in [-0.25, -0.2) is 4.99 Å². The Bertz CT molecular complexity index is 1520. The molecular formula is C34H32N2O4. The molecule has 0 saturated carbocycles. The summed E-state index contributed by atoms with van der Waals surface area (Å²) in [5.41, 5.74) is 5.02. The Labute approximate surface area is 234 Å². The van der Waals surface area contributed by atoms with Gasteiger partial charge in [0, 0.05) is 38.6 Å². The zero-order valence-corrected chi connectivity index (χ0v) is 22.5. The zero-order chi connectivity index (χ0) is 27.5. The number of aliphatic hydroxyl groups excluding tert-OH is 1. The molecule has 1 N–H and O–H groups in total. The lowest BCUT2D eigenvalue weighted by atomic mass is 9.81. The summed E-state index contributed by atoms with van der Waals surface area (Å²) in [6.07, 6.45) is 0.430. The minimum absolute atomic E-state index is 0.0557. The van der Waals surface area contributed by atoms with E-state index < -0.39 is 11.6 Å². The van der Waals surface area contributed by atoms with Crippen molar-refractivity contribution in [1.82, 2.24) is 4.90 Å². The molecule has 1 spiro atoms. The molecule has 4 aromatic rings. The van der Waals surface area contributed by atoms with Crippen LogP contribution in [0.1, 0.15) is 34.8 Å². The Morgan fingerprint density at radius 1 is 0.875 bits per heavy atom. The van der Waals surface area contributed by atoms with Crippen LogP contribution < -0.4 is 4.74 Å². The van der Waals surface area contributed by atoms with E-state index in [2.05, 4.69) is 48.5 Å². The number of hydrogen-bond acceptors (Lipinski definition) is 5. The van der Waals surface area contributed by atoms with Crippen molar-refractivity contribution >= 4 is 11.8 Å². The van der Waals surface area contributed by atoms with Gasteiger partial charge in [-0.05, 0) is 52.1 Å². The highest BCUT2D eigenvalue weighted by molar-refractivity contribution is 6.01. The number of rotatable bonds is 7. The van der Waals surface area contributed by atoms with Gasteiger partial charge in [-0.15, -0.1) is 0 Å². The van der Waals surface area contributed by atoms with Gasteiger partial charge in [0.15, 0.2) is 11.6 Å². The topological polar surface area (TPSA) is 71.4 Å². The smallest absolute Gasteiger partial charge is 0.255 e. The summed E-state index contributed by atoms with van der Waals surface area (Å²) in [4.78, 5) is 21.1. The summed E-state index contributed by atoms with van der Waals surface area (Å²) >= 11 is 0. The quantitative estimate of drug-likeness (QED) is 0.315. The van der Waals surface area contributed by atoms with Gasteiger partial charge in [-0.1, -0.05) is 78.9 Å². The number of amides is 1. The molecule has 2 atom stereocenters. The second-order valence-electron chi connectivity index (χ2n) is 10.4. The number of carbonyl (C=O) groups is 1. The van der Waals surface area contributed by atoms with E-state index in [0.29, 0.717) is 37.6 Å². The first-order valence-corrected chi connectivity index (χ1v) is 13.7. The van der Waals surface area contributed by atoms with Crippen molar-refractivity contribution in [2.24, 2.45) is 4.99 Å². The highest BCUT2D eigenvalue weighted by atomic mass is 16.5. The molecule has 40 heavy (non-hydrogen) atoms. The molecule has 0 fully saturated rings. The third-order valence-corrected chi connectivity index (χ3v) is 7.66. The Kier molecular flexibility index (Phi) is 7.10. The predicted octanol–water partition coefficient (Wildman–Crippen LogP) is 5.59. The van der Waals surface area contributed by atoms with Crippen molar-refractivity contribution in [3.8, 4) is 16.9 Å². The SMILES string of the molecule is CN1Cc2ccccc2C[C@@]2(N=C(c3ccc(OCCCO)cc3)O[C@H]2c2ccc(-c3ccccc3)cc2)C1=O. The predicted molar refractivity (Wildman–Crippen MR) is 155 cm³/mol. The van der Waals surface area contributed by atoms with Gasteiger partial charge >= 0.3 is 0 Å². The van der Waals surface area contributed by atoms with Gasteiger partial charge in [-0.2, -0.15) is 0 Å². The summed E-state index contributed by atoms with van der Waals surface area (Å²) in [6.45, 7) is 1.06. The van der Waals surface area contributed by atoms with Crippen LogP contribution in [0.2, 0.25) is 0 Å².